The van der Waals surface area contributed by atoms with Gasteiger partial charge in [-0.1, -0.05) is 11.6 Å². The van der Waals surface area contributed by atoms with Crippen LogP contribution in [0.15, 0.2) is 18.2 Å². The van der Waals surface area contributed by atoms with Gasteiger partial charge in [-0.25, -0.2) is 4.39 Å². The van der Waals surface area contributed by atoms with E-state index in [4.69, 9.17) is 11.6 Å². The molecule has 3 heteroatoms. The first kappa shape index (κ1) is 15.3. The summed E-state index contributed by atoms with van der Waals surface area (Å²) in [5.74, 6) is 1.62. The molecule has 0 radical (unpaired) electrons. The van der Waals surface area contributed by atoms with Crippen molar-refractivity contribution >= 4 is 11.6 Å². The van der Waals surface area contributed by atoms with Crippen LogP contribution >= 0.6 is 11.6 Å². The highest BCUT2D eigenvalue weighted by Gasteiger charge is 2.53. The van der Waals surface area contributed by atoms with Gasteiger partial charge in [0, 0.05) is 17.1 Å². The van der Waals surface area contributed by atoms with Crippen molar-refractivity contribution in [1.29, 1.82) is 0 Å². The molecule has 0 heterocycles. The van der Waals surface area contributed by atoms with Crippen LogP contribution in [0.1, 0.15) is 45.6 Å². The van der Waals surface area contributed by atoms with Gasteiger partial charge in [0.05, 0.1) is 0 Å². The third-order valence-corrected chi connectivity index (χ3v) is 5.40. The van der Waals surface area contributed by atoms with Crippen molar-refractivity contribution in [2.75, 3.05) is 6.54 Å². The number of nitrogens with one attached hydrogen (secondary N) is 1. The molecular weight excluding hydrogens is 285 g/mol. The van der Waals surface area contributed by atoms with Crippen molar-refractivity contribution in [2.45, 2.75) is 52.0 Å². The number of benzene rings is 1. The fourth-order valence-electron chi connectivity index (χ4n) is 3.89. The maximum Gasteiger partial charge on any atom is 0.123 e. The van der Waals surface area contributed by atoms with Crippen LogP contribution in [0, 0.1) is 23.1 Å². The van der Waals surface area contributed by atoms with Crippen LogP contribution in [0.2, 0.25) is 5.02 Å². The Balaban J connectivity index is 1.78. The van der Waals surface area contributed by atoms with Crippen LogP contribution < -0.4 is 5.32 Å². The van der Waals surface area contributed by atoms with Crippen LogP contribution in [0.25, 0.3) is 0 Å². The molecule has 1 aromatic rings. The smallest absolute Gasteiger partial charge is 0.123 e. The monoisotopic (exact) mass is 309 g/mol. The van der Waals surface area contributed by atoms with Gasteiger partial charge < -0.3 is 5.32 Å². The molecule has 1 N–H and O–H groups in total. The molecule has 1 aromatic carbocycles. The van der Waals surface area contributed by atoms with Gasteiger partial charge in [0.15, 0.2) is 0 Å². The lowest BCUT2D eigenvalue weighted by Crippen LogP contribution is -2.44. The van der Waals surface area contributed by atoms with Crippen molar-refractivity contribution < 1.29 is 4.39 Å². The number of halogens is 2. The molecule has 2 aliphatic rings. The maximum absolute atomic E-state index is 13.5. The number of rotatable bonds is 4. The van der Waals surface area contributed by atoms with Crippen molar-refractivity contribution in [1.82, 2.24) is 5.32 Å². The van der Waals surface area contributed by atoms with E-state index in [1.807, 2.05) is 0 Å². The van der Waals surface area contributed by atoms with Gasteiger partial charge in [-0.05, 0) is 87.5 Å². The van der Waals surface area contributed by atoms with Gasteiger partial charge in [0.25, 0.3) is 0 Å². The molecule has 3 rings (SSSR count). The zero-order valence-electron chi connectivity index (χ0n) is 13.2. The molecule has 2 saturated carbocycles. The summed E-state index contributed by atoms with van der Waals surface area (Å²) >= 11 is 6.29. The highest BCUT2D eigenvalue weighted by atomic mass is 35.5. The predicted molar refractivity (Wildman–Crippen MR) is 86.1 cm³/mol. The Morgan fingerprint density at radius 1 is 1.29 bits per heavy atom. The largest absolute Gasteiger partial charge is 0.312 e. The summed E-state index contributed by atoms with van der Waals surface area (Å²) < 4.78 is 13.5. The summed E-state index contributed by atoms with van der Waals surface area (Å²) in [5.41, 5.74) is 1.33. The molecule has 116 valence electrons. The number of fused-ring (bicyclic) bond motifs is 1. The summed E-state index contributed by atoms with van der Waals surface area (Å²) in [6, 6.07) is 4.75. The Bertz CT molecular complexity index is 525. The van der Waals surface area contributed by atoms with E-state index < -0.39 is 0 Å². The molecule has 2 fully saturated rings. The molecule has 0 aliphatic heterocycles. The third-order valence-electron chi connectivity index (χ3n) is 5.03. The van der Waals surface area contributed by atoms with E-state index in [2.05, 4.69) is 26.1 Å². The fourth-order valence-corrected chi connectivity index (χ4v) is 4.08. The van der Waals surface area contributed by atoms with E-state index in [-0.39, 0.29) is 16.8 Å². The van der Waals surface area contributed by atoms with Crippen LogP contribution in [0.5, 0.6) is 0 Å². The SMILES string of the molecule is CC(C)(C)NCC1(Cc2cc(F)ccc2Cl)CC2CC2C1. The lowest BCUT2D eigenvalue weighted by atomic mass is 9.77. The van der Waals surface area contributed by atoms with Crippen LogP contribution in [0.3, 0.4) is 0 Å². The molecular formula is C18H25ClFN. The summed E-state index contributed by atoms with van der Waals surface area (Å²) in [5, 5.41) is 4.36. The Morgan fingerprint density at radius 2 is 1.95 bits per heavy atom. The molecule has 21 heavy (non-hydrogen) atoms. The lowest BCUT2D eigenvalue weighted by Gasteiger charge is -2.35. The standard InChI is InChI=1S/C18H25ClFN/c1-17(2,3)21-11-18(8-12-6-13(12)9-18)10-14-7-15(20)4-5-16(14)19/h4-5,7,12-13,21H,6,8-11H2,1-3H3. The summed E-state index contributed by atoms with van der Waals surface area (Å²) in [6.45, 7) is 7.60. The van der Waals surface area contributed by atoms with Gasteiger partial charge >= 0.3 is 0 Å². The van der Waals surface area contributed by atoms with E-state index in [1.165, 1.54) is 25.3 Å². The van der Waals surface area contributed by atoms with Crippen molar-refractivity contribution in [3.05, 3.63) is 34.6 Å². The molecule has 2 unspecified atom stereocenters. The van der Waals surface area contributed by atoms with Crippen LogP contribution in [-0.4, -0.2) is 12.1 Å². The zero-order chi connectivity index (χ0) is 15.3. The van der Waals surface area contributed by atoms with Gasteiger partial charge in [0.1, 0.15) is 5.82 Å². The molecule has 0 saturated heterocycles. The number of hydrogen-bond donors (Lipinski definition) is 1. The molecule has 0 amide bonds. The van der Waals surface area contributed by atoms with E-state index in [1.54, 1.807) is 12.1 Å². The Morgan fingerprint density at radius 3 is 2.57 bits per heavy atom. The van der Waals surface area contributed by atoms with Crippen molar-refractivity contribution in [3.63, 3.8) is 0 Å². The van der Waals surface area contributed by atoms with E-state index in [0.29, 0.717) is 5.02 Å². The highest BCUT2D eigenvalue weighted by Crippen LogP contribution is 2.60. The third kappa shape index (κ3) is 3.60. The Hall–Kier alpha value is -0.600. The van der Waals surface area contributed by atoms with Crippen LogP contribution in [0.4, 0.5) is 4.39 Å². The quantitative estimate of drug-likeness (QED) is 0.840. The predicted octanol–water partition coefficient (Wildman–Crippen LogP) is 4.83. The highest BCUT2D eigenvalue weighted by molar-refractivity contribution is 6.31. The second kappa shape index (κ2) is 5.24. The summed E-state index contributed by atoms with van der Waals surface area (Å²) in [4.78, 5) is 0. The number of hydrogen-bond acceptors (Lipinski definition) is 1. The average molecular weight is 310 g/mol. The first-order valence-corrected chi connectivity index (χ1v) is 8.33. The van der Waals surface area contributed by atoms with Crippen LogP contribution in [-0.2, 0) is 6.42 Å². The minimum atomic E-state index is -0.184. The van der Waals surface area contributed by atoms with Gasteiger partial charge in [-0.15, -0.1) is 0 Å². The van der Waals surface area contributed by atoms with Gasteiger partial charge in [0.2, 0.25) is 0 Å². The zero-order valence-corrected chi connectivity index (χ0v) is 13.9. The first-order valence-electron chi connectivity index (χ1n) is 7.95. The normalized spacial score (nSPS) is 31.3. The Kier molecular flexibility index (Phi) is 3.82. The second-order valence-corrected chi connectivity index (χ2v) is 8.59. The van der Waals surface area contributed by atoms with Gasteiger partial charge in [-0.2, -0.15) is 0 Å². The van der Waals surface area contributed by atoms with Crippen molar-refractivity contribution in [3.8, 4) is 0 Å². The van der Waals surface area contributed by atoms with E-state index in [9.17, 15) is 4.39 Å². The van der Waals surface area contributed by atoms with E-state index >= 15 is 0 Å². The minimum Gasteiger partial charge on any atom is -0.312 e. The summed E-state index contributed by atoms with van der Waals surface area (Å²) in [7, 11) is 0. The molecule has 1 nitrogen and oxygen atoms in total. The molecule has 2 atom stereocenters. The lowest BCUT2D eigenvalue weighted by molar-refractivity contribution is 0.222. The first-order chi connectivity index (χ1) is 9.76. The molecule has 0 bridgehead atoms. The topological polar surface area (TPSA) is 12.0 Å². The molecule has 0 spiro atoms. The second-order valence-electron chi connectivity index (χ2n) is 8.18. The molecule has 0 aromatic heterocycles. The van der Waals surface area contributed by atoms with E-state index in [0.717, 1.165) is 30.4 Å². The Labute approximate surface area is 132 Å². The fraction of sp³-hybridized carbons (Fsp3) is 0.667. The summed E-state index contributed by atoms with van der Waals surface area (Å²) in [6.07, 6.45) is 4.80. The average Bonchev–Trinajstić information content (AvgIpc) is 2.99. The maximum atomic E-state index is 13.5. The van der Waals surface area contributed by atoms with Crippen molar-refractivity contribution in [2.24, 2.45) is 17.3 Å². The minimum absolute atomic E-state index is 0.117. The molecule has 2 aliphatic carbocycles. The van der Waals surface area contributed by atoms with Gasteiger partial charge in [-0.3, -0.25) is 0 Å².